The first-order valence-corrected chi connectivity index (χ1v) is 10.3. The molecule has 4 rings (SSSR count). The first-order chi connectivity index (χ1) is 15.7. The first kappa shape index (κ1) is 21.4. The maximum atomic E-state index is 13.7. The third kappa shape index (κ3) is 6.09. The molecular weight excluding hydrogens is 407 g/mol. The van der Waals surface area contributed by atoms with Crippen molar-refractivity contribution in [1.29, 1.82) is 0 Å². The molecule has 32 heavy (non-hydrogen) atoms. The van der Waals surface area contributed by atoms with Gasteiger partial charge in [0.25, 0.3) is 5.91 Å². The van der Waals surface area contributed by atoms with Gasteiger partial charge in [-0.1, -0.05) is 42.5 Å². The number of nitrogens with zero attached hydrogens (tertiary/aromatic N) is 3. The van der Waals surface area contributed by atoms with Crippen LogP contribution in [0.5, 0.6) is 0 Å². The van der Waals surface area contributed by atoms with Crippen molar-refractivity contribution in [3.05, 3.63) is 119 Å². The van der Waals surface area contributed by atoms with Gasteiger partial charge in [0.15, 0.2) is 5.69 Å². The fourth-order valence-corrected chi connectivity index (χ4v) is 3.36. The topological polar surface area (TPSA) is 71.3 Å². The molecule has 162 valence electrons. The zero-order chi connectivity index (χ0) is 22.2. The van der Waals surface area contributed by atoms with Crippen molar-refractivity contribution in [2.45, 2.75) is 26.2 Å². The number of nitrogens with one attached hydrogen (secondary N) is 1. The number of benzene rings is 2. The van der Waals surface area contributed by atoms with E-state index in [1.807, 2.05) is 48.5 Å². The summed E-state index contributed by atoms with van der Waals surface area (Å²) in [6.45, 7) is 1.90. The Morgan fingerprint density at radius 3 is 2.44 bits per heavy atom. The predicted octanol–water partition coefficient (Wildman–Crippen LogP) is 4.34. The van der Waals surface area contributed by atoms with E-state index in [2.05, 4.69) is 20.2 Å². The highest BCUT2D eigenvalue weighted by Crippen LogP contribution is 2.15. The van der Waals surface area contributed by atoms with E-state index in [0.29, 0.717) is 32.1 Å². The molecule has 0 saturated heterocycles. The molecule has 0 fully saturated rings. The second-order valence-corrected chi connectivity index (χ2v) is 7.43. The van der Waals surface area contributed by atoms with Gasteiger partial charge >= 0.3 is 0 Å². The highest BCUT2D eigenvalue weighted by Gasteiger charge is 2.16. The number of oxazole rings is 1. The summed E-state index contributed by atoms with van der Waals surface area (Å²) in [4.78, 5) is 22.8. The standard InChI is InChI=1S/C25H23FN4O2/c26-22-8-4-7-21(13-22)16-30(15-20-5-2-1-3-6-20)17-24-29-23(18-32-24)25(31)28-14-19-9-11-27-12-10-19/h1-13,18H,14-17H2,(H,28,31). The molecule has 0 aliphatic heterocycles. The minimum absolute atomic E-state index is 0.222. The van der Waals surface area contributed by atoms with E-state index in [-0.39, 0.29) is 17.4 Å². The Morgan fingerprint density at radius 1 is 0.906 bits per heavy atom. The molecule has 0 radical (unpaired) electrons. The van der Waals surface area contributed by atoms with E-state index in [1.54, 1.807) is 18.5 Å². The number of halogens is 1. The van der Waals surface area contributed by atoms with E-state index in [4.69, 9.17) is 4.42 Å². The molecule has 0 aliphatic rings. The Bertz CT molecular complexity index is 1150. The average Bonchev–Trinajstić information content (AvgIpc) is 3.27. The van der Waals surface area contributed by atoms with Crippen LogP contribution in [0.3, 0.4) is 0 Å². The van der Waals surface area contributed by atoms with E-state index >= 15 is 0 Å². The number of carbonyl (C=O) groups is 1. The van der Waals surface area contributed by atoms with E-state index < -0.39 is 0 Å². The highest BCUT2D eigenvalue weighted by molar-refractivity contribution is 5.91. The normalized spacial score (nSPS) is 10.9. The lowest BCUT2D eigenvalue weighted by molar-refractivity contribution is 0.0945. The first-order valence-electron chi connectivity index (χ1n) is 10.3. The molecule has 1 N–H and O–H groups in total. The summed E-state index contributed by atoms with van der Waals surface area (Å²) in [5.74, 6) is -0.158. The van der Waals surface area contributed by atoms with Crippen molar-refractivity contribution in [1.82, 2.24) is 20.2 Å². The van der Waals surface area contributed by atoms with Gasteiger partial charge in [0, 0.05) is 32.0 Å². The van der Waals surface area contributed by atoms with Gasteiger partial charge < -0.3 is 9.73 Å². The highest BCUT2D eigenvalue weighted by atomic mass is 19.1. The zero-order valence-electron chi connectivity index (χ0n) is 17.4. The zero-order valence-corrected chi connectivity index (χ0v) is 17.4. The summed E-state index contributed by atoms with van der Waals surface area (Å²) in [5, 5.41) is 2.82. The lowest BCUT2D eigenvalue weighted by atomic mass is 10.1. The summed E-state index contributed by atoms with van der Waals surface area (Å²) in [5.41, 5.74) is 3.13. The number of rotatable bonds is 9. The fourth-order valence-electron chi connectivity index (χ4n) is 3.36. The van der Waals surface area contributed by atoms with Crippen LogP contribution in [0, 0.1) is 5.82 Å². The minimum Gasteiger partial charge on any atom is -0.447 e. The van der Waals surface area contributed by atoms with Crippen LogP contribution in [-0.4, -0.2) is 20.8 Å². The molecule has 2 heterocycles. The van der Waals surface area contributed by atoms with E-state index in [0.717, 1.165) is 16.7 Å². The maximum absolute atomic E-state index is 13.7. The molecule has 0 saturated carbocycles. The fraction of sp³-hybridized carbons (Fsp3) is 0.160. The van der Waals surface area contributed by atoms with Gasteiger partial charge in [0.2, 0.25) is 5.89 Å². The van der Waals surface area contributed by atoms with Crippen LogP contribution in [0.1, 0.15) is 33.1 Å². The van der Waals surface area contributed by atoms with Crippen LogP contribution < -0.4 is 5.32 Å². The molecule has 2 aromatic carbocycles. The Balaban J connectivity index is 1.43. The number of pyridine rings is 1. The second kappa shape index (κ2) is 10.5. The van der Waals surface area contributed by atoms with Gasteiger partial charge in [-0.3, -0.25) is 14.7 Å². The SMILES string of the molecule is O=C(NCc1ccncc1)c1coc(CN(Cc2ccccc2)Cc2cccc(F)c2)n1. The number of amides is 1. The van der Waals surface area contributed by atoms with E-state index in [1.165, 1.54) is 18.4 Å². The average molecular weight is 430 g/mol. The Hall–Kier alpha value is -3.84. The molecule has 1 amide bonds. The monoisotopic (exact) mass is 430 g/mol. The van der Waals surface area contributed by atoms with Crippen LogP contribution in [0.15, 0.2) is 89.8 Å². The summed E-state index contributed by atoms with van der Waals surface area (Å²) in [6, 6.07) is 20.2. The van der Waals surface area contributed by atoms with E-state index in [9.17, 15) is 9.18 Å². The van der Waals surface area contributed by atoms with Crippen molar-refractivity contribution >= 4 is 5.91 Å². The summed E-state index contributed by atoms with van der Waals surface area (Å²) >= 11 is 0. The summed E-state index contributed by atoms with van der Waals surface area (Å²) in [7, 11) is 0. The van der Waals surface area contributed by atoms with Crippen molar-refractivity contribution < 1.29 is 13.6 Å². The Labute approximate surface area is 185 Å². The molecular formula is C25H23FN4O2. The van der Waals surface area contributed by atoms with Gasteiger partial charge in [-0.25, -0.2) is 9.37 Å². The van der Waals surface area contributed by atoms with Crippen molar-refractivity contribution in [2.24, 2.45) is 0 Å². The Morgan fingerprint density at radius 2 is 1.66 bits per heavy atom. The van der Waals surface area contributed by atoms with Gasteiger partial charge in [-0.2, -0.15) is 0 Å². The van der Waals surface area contributed by atoms with Crippen LogP contribution in [0.4, 0.5) is 4.39 Å². The lowest BCUT2D eigenvalue weighted by Gasteiger charge is -2.21. The van der Waals surface area contributed by atoms with Crippen LogP contribution in [0.2, 0.25) is 0 Å². The third-order valence-corrected chi connectivity index (χ3v) is 4.89. The molecule has 0 unspecified atom stereocenters. The van der Waals surface area contributed by atoms with Crippen molar-refractivity contribution in [2.75, 3.05) is 0 Å². The van der Waals surface area contributed by atoms with Crippen LogP contribution >= 0.6 is 0 Å². The predicted molar refractivity (Wildman–Crippen MR) is 118 cm³/mol. The molecule has 0 atom stereocenters. The molecule has 6 nitrogen and oxygen atoms in total. The lowest BCUT2D eigenvalue weighted by Crippen LogP contribution is -2.24. The largest absolute Gasteiger partial charge is 0.447 e. The molecule has 0 spiro atoms. The number of hydrogen-bond acceptors (Lipinski definition) is 5. The summed E-state index contributed by atoms with van der Waals surface area (Å²) < 4.78 is 19.2. The molecule has 0 bridgehead atoms. The van der Waals surface area contributed by atoms with Crippen LogP contribution in [0.25, 0.3) is 0 Å². The smallest absolute Gasteiger partial charge is 0.273 e. The number of aromatic nitrogens is 2. The molecule has 0 aliphatic carbocycles. The van der Waals surface area contributed by atoms with Gasteiger partial charge in [0.05, 0.1) is 6.54 Å². The van der Waals surface area contributed by atoms with Gasteiger partial charge in [-0.15, -0.1) is 0 Å². The Kier molecular flexibility index (Phi) is 6.99. The molecule has 7 heteroatoms. The quantitative estimate of drug-likeness (QED) is 0.428. The summed E-state index contributed by atoms with van der Waals surface area (Å²) in [6.07, 6.45) is 4.71. The van der Waals surface area contributed by atoms with Crippen molar-refractivity contribution in [3.8, 4) is 0 Å². The molecule has 2 aromatic heterocycles. The van der Waals surface area contributed by atoms with Crippen molar-refractivity contribution in [3.63, 3.8) is 0 Å². The van der Waals surface area contributed by atoms with Gasteiger partial charge in [-0.05, 0) is 41.0 Å². The van der Waals surface area contributed by atoms with Crippen LogP contribution in [-0.2, 0) is 26.2 Å². The molecule has 4 aromatic rings. The second-order valence-electron chi connectivity index (χ2n) is 7.43. The number of carbonyl (C=O) groups excluding carboxylic acids is 1. The minimum atomic E-state index is -0.309. The maximum Gasteiger partial charge on any atom is 0.273 e. The number of hydrogen-bond donors (Lipinski definition) is 1. The van der Waals surface area contributed by atoms with Gasteiger partial charge in [0.1, 0.15) is 12.1 Å². The third-order valence-electron chi connectivity index (χ3n) is 4.89.